The molecule has 0 unspecified atom stereocenters. The molecule has 2 aliphatic heterocycles. The molecule has 7 N–H and O–H groups in total. The van der Waals surface area contributed by atoms with Crippen LogP contribution in [0.25, 0.3) is 21.8 Å². The molecule has 0 aliphatic carbocycles. The predicted octanol–water partition coefficient (Wildman–Crippen LogP) is 14.3. The molecule has 16 nitrogen and oxygen atoms in total. The van der Waals surface area contributed by atoms with Crippen molar-refractivity contribution in [3.05, 3.63) is 148 Å². The number of halogens is 7. The van der Waals surface area contributed by atoms with Gasteiger partial charge < -0.3 is 42.1 Å². The molecule has 2 fully saturated rings. The number of nitrogen functional groups attached to an aromatic ring is 1. The SMILES string of the molecule is CC(C)(C)NC1CCN(c2c(C#N)c(Cl)nc3ccccc23)CC1.Cc1ccc(N)cc1Nc1nccc(C(F)(F)F)n1.Cc1ccc(Nc2nc3ccccc3c(N3CCC(NC(C)(C)C)CC3)c2C#N)cc1Nc1nccc(C(F)(F)F)n1. The summed E-state index contributed by atoms with van der Waals surface area (Å²) in [6, 6.07) is 33.3. The van der Waals surface area contributed by atoms with Gasteiger partial charge in [-0.2, -0.15) is 36.9 Å². The minimum Gasteiger partial charge on any atom is -0.399 e. The van der Waals surface area contributed by atoms with Gasteiger partial charge in [-0.3, -0.25) is 0 Å². The Morgan fingerprint density at radius 2 is 0.988 bits per heavy atom. The third-order valence-corrected chi connectivity index (χ3v) is 14.2. The monoisotopic (exact) mass is 1180 g/mol. The number of nitrogens with one attached hydrogen (secondary N) is 5. The third kappa shape index (κ3) is 16.4. The van der Waals surface area contributed by atoms with Crippen molar-refractivity contribution >= 4 is 85.2 Å². The standard InChI is InChI=1S/C31H33F3N8.C19H23ClN4.C12H11F3N4/c1-19-9-10-21(17-25(19)39-29-36-14-11-26(40-29)31(32,33)34)37-28-23(18-35)27(22-7-5-6-8-24(22)38-28)42-15-12-20(13-16-42)41-30(2,3)4;1-19(2,3)23-13-8-10-24(11-9-13)17-14-6-4-5-7-16(14)22-18(20)15(17)12-21;1-7-2-3-8(16)6-9(7)18-11-17-5-4-10(19-11)12(13,14)15/h5-11,14,17,20,41H,12-13,15-16H2,1-4H3,(H,37,38)(H,36,39,40);4-7,13,23H,8-11H2,1-3H3;2-6H,16H2,1H3,(H,17,18,19). The number of alkyl halides is 6. The number of fused-ring (bicyclic) bond motifs is 2. The van der Waals surface area contributed by atoms with Crippen molar-refractivity contribution in [2.24, 2.45) is 0 Å². The van der Waals surface area contributed by atoms with E-state index in [1.165, 1.54) is 0 Å². The summed E-state index contributed by atoms with van der Waals surface area (Å²) in [5.41, 5.74) is 11.8. The summed E-state index contributed by atoms with van der Waals surface area (Å²) in [4.78, 5) is 28.4. The van der Waals surface area contributed by atoms with Crippen LogP contribution >= 0.6 is 11.6 Å². The highest BCUT2D eigenvalue weighted by molar-refractivity contribution is 6.31. The Hall–Kier alpha value is -8.57. The van der Waals surface area contributed by atoms with E-state index in [1.807, 2.05) is 67.6 Å². The molecule has 2 saturated heterocycles. The Bertz CT molecular complexity index is 3740. The average Bonchev–Trinajstić information content (AvgIpc) is 1.37. The summed E-state index contributed by atoms with van der Waals surface area (Å²) < 4.78 is 77.0. The number of benzene rings is 4. The summed E-state index contributed by atoms with van der Waals surface area (Å²) in [6.45, 7) is 20.1. The maximum absolute atomic E-state index is 13.2. The topological polar surface area (TPSA) is 218 Å². The number of hydrogen-bond acceptors (Lipinski definition) is 16. The minimum absolute atomic E-state index is 0.0279. The lowest BCUT2D eigenvalue weighted by atomic mass is 9.98. The van der Waals surface area contributed by atoms with Crippen LogP contribution in [0.5, 0.6) is 0 Å². The summed E-state index contributed by atoms with van der Waals surface area (Å²) in [5, 5.41) is 38.4. The Kier molecular flexibility index (Phi) is 19.2. The second-order valence-corrected chi connectivity index (χ2v) is 23.2. The second kappa shape index (κ2) is 26.1. The minimum atomic E-state index is -4.58. The molecule has 2 aliphatic rings. The molecule has 0 saturated carbocycles. The third-order valence-electron chi connectivity index (χ3n) is 14.0. The number of aromatic nitrogens is 6. The highest BCUT2D eigenvalue weighted by Crippen LogP contribution is 2.39. The van der Waals surface area contributed by atoms with E-state index in [1.54, 1.807) is 31.2 Å². The molecule has 444 valence electrons. The number of nitrogens with two attached hydrogens (primary N) is 1. The zero-order valence-electron chi connectivity index (χ0n) is 48.4. The fourth-order valence-corrected chi connectivity index (χ4v) is 10.4. The van der Waals surface area contributed by atoms with Crippen molar-refractivity contribution in [3.63, 3.8) is 0 Å². The van der Waals surface area contributed by atoms with Crippen molar-refractivity contribution in [1.29, 1.82) is 10.5 Å². The summed E-state index contributed by atoms with van der Waals surface area (Å²) in [5.74, 6) is 0.119. The predicted molar refractivity (Wildman–Crippen MR) is 325 cm³/mol. The van der Waals surface area contributed by atoms with Crippen molar-refractivity contribution in [2.45, 2.75) is 117 Å². The van der Waals surface area contributed by atoms with Crippen LogP contribution in [0.3, 0.4) is 0 Å². The smallest absolute Gasteiger partial charge is 0.399 e. The van der Waals surface area contributed by atoms with E-state index in [0.717, 1.165) is 121 Å². The van der Waals surface area contributed by atoms with E-state index in [0.29, 0.717) is 56.9 Å². The maximum Gasteiger partial charge on any atom is 0.433 e. The summed E-state index contributed by atoms with van der Waals surface area (Å²) in [7, 11) is 0. The highest BCUT2D eigenvalue weighted by atomic mass is 35.5. The molecule has 85 heavy (non-hydrogen) atoms. The highest BCUT2D eigenvalue weighted by Gasteiger charge is 2.34. The van der Waals surface area contributed by atoms with Crippen LogP contribution in [0.1, 0.15) is 101 Å². The van der Waals surface area contributed by atoms with Crippen molar-refractivity contribution in [3.8, 4) is 12.1 Å². The van der Waals surface area contributed by atoms with Gasteiger partial charge in [0.05, 0.1) is 22.4 Å². The zero-order chi connectivity index (χ0) is 61.4. The van der Waals surface area contributed by atoms with Crippen molar-refractivity contribution < 1.29 is 26.3 Å². The van der Waals surface area contributed by atoms with Crippen LogP contribution in [0.4, 0.5) is 78.2 Å². The Morgan fingerprint density at radius 1 is 0.553 bits per heavy atom. The largest absolute Gasteiger partial charge is 0.433 e. The lowest BCUT2D eigenvalue weighted by Gasteiger charge is -2.38. The number of para-hydroxylation sites is 2. The van der Waals surface area contributed by atoms with Gasteiger partial charge in [0.2, 0.25) is 11.9 Å². The quantitative estimate of drug-likeness (QED) is 0.0426. The number of aryl methyl sites for hydroxylation is 2. The Morgan fingerprint density at radius 3 is 1.45 bits per heavy atom. The van der Waals surface area contributed by atoms with Crippen LogP contribution in [0.15, 0.2) is 109 Å². The van der Waals surface area contributed by atoms with E-state index in [4.69, 9.17) is 22.3 Å². The van der Waals surface area contributed by atoms with Gasteiger partial charge in [0, 0.05) is 95.3 Å². The lowest BCUT2D eigenvalue weighted by molar-refractivity contribution is -0.141. The molecule has 0 radical (unpaired) electrons. The molecular formula is C62H67ClF6N16. The first-order valence-corrected chi connectivity index (χ1v) is 28.0. The second-order valence-electron chi connectivity index (χ2n) is 22.9. The molecule has 0 amide bonds. The van der Waals surface area contributed by atoms with Crippen LogP contribution in [0.2, 0.25) is 5.15 Å². The maximum atomic E-state index is 13.2. The molecule has 4 aromatic heterocycles. The number of nitrogens with zero attached hydrogens (tertiary/aromatic N) is 10. The van der Waals surface area contributed by atoms with Gasteiger partial charge in [-0.05, 0) is 141 Å². The molecule has 10 rings (SSSR count). The molecule has 6 heterocycles. The van der Waals surface area contributed by atoms with E-state index in [-0.39, 0.29) is 23.0 Å². The van der Waals surface area contributed by atoms with Crippen molar-refractivity contribution in [1.82, 2.24) is 40.5 Å². The molecule has 4 aromatic carbocycles. The van der Waals surface area contributed by atoms with E-state index in [9.17, 15) is 36.9 Å². The van der Waals surface area contributed by atoms with Crippen LogP contribution in [0, 0.1) is 36.5 Å². The van der Waals surface area contributed by atoms with Gasteiger partial charge in [-0.15, -0.1) is 0 Å². The first-order valence-electron chi connectivity index (χ1n) is 27.6. The fourth-order valence-electron chi connectivity index (χ4n) is 10.2. The van der Waals surface area contributed by atoms with E-state index in [2.05, 4.69) is 115 Å². The van der Waals surface area contributed by atoms with Gasteiger partial charge in [0.25, 0.3) is 0 Å². The van der Waals surface area contributed by atoms with Crippen molar-refractivity contribution in [2.75, 3.05) is 57.7 Å². The van der Waals surface area contributed by atoms with Crippen LogP contribution < -0.4 is 42.1 Å². The number of piperidine rings is 2. The van der Waals surface area contributed by atoms with Gasteiger partial charge in [-0.1, -0.05) is 60.1 Å². The number of rotatable bonds is 10. The normalized spacial score (nSPS) is 14.4. The lowest BCUT2D eigenvalue weighted by Crippen LogP contribution is -2.49. The molecule has 23 heteroatoms. The van der Waals surface area contributed by atoms with Gasteiger partial charge in [-0.25, -0.2) is 29.9 Å². The molecular weight excluding hydrogens is 1120 g/mol. The molecule has 0 spiro atoms. The first-order chi connectivity index (χ1) is 40.2. The Balaban J connectivity index is 0.000000184. The van der Waals surface area contributed by atoms with E-state index >= 15 is 0 Å². The first kappa shape index (κ1) is 62.5. The molecule has 8 aromatic rings. The summed E-state index contributed by atoms with van der Waals surface area (Å²) >= 11 is 6.27. The Labute approximate surface area is 495 Å². The number of hydrogen-bond donors (Lipinski definition) is 6. The number of nitriles is 2. The van der Waals surface area contributed by atoms with E-state index < -0.39 is 23.7 Å². The summed E-state index contributed by atoms with van der Waals surface area (Å²) in [6.07, 6.45) is -2.95. The zero-order valence-corrected chi connectivity index (χ0v) is 49.2. The van der Waals surface area contributed by atoms with Gasteiger partial charge in [0.15, 0.2) is 5.82 Å². The van der Waals surface area contributed by atoms with Crippen LogP contribution in [-0.4, -0.2) is 79.2 Å². The molecule has 0 bridgehead atoms. The number of pyridine rings is 2. The van der Waals surface area contributed by atoms with Gasteiger partial charge in [0.1, 0.15) is 39.8 Å². The average molecular weight is 1190 g/mol. The number of anilines is 9. The van der Waals surface area contributed by atoms with Gasteiger partial charge >= 0.3 is 12.4 Å². The molecule has 0 atom stereocenters. The fraction of sp³-hybridized carbons (Fsp3) is 0.355. The van der Waals surface area contributed by atoms with Crippen LogP contribution in [-0.2, 0) is 12.4 Å².